The Kier molecular flexibility index (Phi) is 3.64. The van der Waals surface area contributed by atoms with Gasteiger partial charge in [-0.1, -0.05) is 6.07 Å². The molecule has 0 spiro atoms. The van der Waals surface area contributed by atoms with Gasteiger partial charge in [-0.05, 0) is 24.5 Å². The minimum atomic E-state index is -0.230. The maximum absolute atomic E-state index is 14.2. The van der Waals surface area contributed by atoms with Gasteiger partial charge in [0.2, 0.25) is 0 Å². The van der Waals surface area contributed by atoms with E-state index in [4.69, 9.17) is 4.74 Å². The molecule has 1 heterocycles. The molecule has 0 aliphatic rings. The van der Waals surface area contributed by atoms with E-state index in [9.17, 15) is 4.39 Å². The van der Waals surface area contributed by atoms with Crippen molar-refractivity contribution in [2.45, 2.75) is 4.90 Å². The lowest BCUT2D eigenvalue weighted by atomic mass is 10.1. The summed E-state index contributed by atoms with van der Waals surface area (Å²) < 4.78 is 19.3. The first-order valence-corrected chi connectivity index (χ1v) is 6.30. The maximum atomic E-state index is 14.2. The van der Waals surface area contributed by atoms with Crippen molar-refractivity contribution in [2.75, 3.05) is 13.4 Å². The van der Waals surface area contributed by atoms with Crippen LogP contribution < -0.4 is 4.74 Å². The van der Waals surface area contributed by atoms with E-state index in [1.54, 1.807) is 37.7 Å². The molecule has 1 aromatic heterocycles. The van der Waals surface area contributed by atoms with E-state index in [0.29, 0.717) is 16.2 Å². The first-order valence-electron chi connectivity index (χ1n) is 5.08. The SMILES string of the molecule is COc1cc(SC)c(F)c(-c2cccnc2)c1. The summed E-state index contributed by atoms with van der Waals surface area (Å²) in [5.74, 6) is 0.418. The lowest BCUT2D eigenvalue weighted by Gasteiger charge is -2.09. The van der Waals surface area contributed by atoms with Gasteiger partial charge in [-0.25, -0.2) is 4.39 Å². The highest BCUT2D eigenvalue weighted by Gasteiger charge is 2.12. The second kappa shape index (κ2) is 5.19. The fourth-order valence-corrected chi connectivity index (χ4v) is 2.09. The van der Waals surface area contributed by atoms with Gasteiger partial charge in [0.25, 0.3) is 0 Å². The number of methoxy groups -OCH3 is 1. The average Bonchev–Trinajstić information content (AvgIpc) is 2.40. The molecule has 4 heteroatoms. The Morgan fingerprint density at radius 1 is 1.35 bits per heavy atom. The fourth-order valence-electron chi connectivity index (χ4n) is 1.57. The quantitative estimate of drug-likeness (QED) is 0.776. The number of pyridine rings is 1. The molecule has 0 aliphatic carbocycles. The predicted octanol–water partition coefficient (Wildman–Crippen LogP) is 3.62. The van der Waals surface area contributed by atoms with Gasteiger partial charge >= 0.3 is 0 Å². The van der Waals surface area contributed by atoms with Crippen molar-refractivity contribution in [1.29, 1.82) is 0 Å². The zero-order chi connectivity index (χ0) is 12.3. The maximum Gasteiger partial charge on any atom is 0.144 e. The molecule has 1 aromatic carbocycles. The van der Waals surface area contributed by atoms with Crippen LogP contribution >= 0.6 is 11.8 Å². The number of aromatic nitrogens is 1. The molecule has 0 saturated carbocycles. The van der Waals surface area contributed by atoms with Gasteiger partial charge in [-0.3, -0.25) is 4.98 Å². The summed E-state index contributed by atoms with van der Waals surface area (Å²) >= 11 is 1.36. The molecule has 0 unspecified atom stereocenters. The van der Waals surface area contributed by atoms with Crippen LogP contribution in [-0.2, 0) is 0 Å². The zero-order valence-electron chi connectivity index (χ0n) is 9.61. The number of hydrogen-bond donors (Lipinski definition) is 0. The second-order valence-corrected chi connectivity index (χ2v) is 4.28. The molecule has 17 heavy (non-hydrogen) atoms. The van der Waals surface area contributed by atoms with E-state index in [0.717, 1.165) is 5.56 Å². The standard InChI is InChI=1S/C13H12FNOS/c1-16-10-6-11(9-4-3-5-15-8-9)13(14)12(7-10)17-2/h3-8H,1-2H3. The van der Waals surface area contributed by atoms with Gasteiger partial charge in [-0.15, -0.1) is 11.8 Å². The molecule has 0 aliphatic heterocycles. The average molecular weight is 249 g/mol. The summed E-state index contributed by atoms with van der Waals surface area (Å²) in [6, 6.07) is 6.99. The Bertz CT molecular complexity index is 516. The molecule has 0 radical (unpaired) electrons. The smallest absolute Gasteiger partial charge is 0.144 e. The molecule has 0 atom stereocenters. The predicted molar refractivity (Wildman–Crippen MR) is 68.0 cm³/mol. The van der Waals surface area contributed by atoms with E-state index >= 15 is 0 Å². The molecule has 0 bridgehead atoms. The Balaban J connectivity index is 2.60. The number of benzene rings is 1. The summed E-state index contributed by atoms with van der Waals surface area (Å²) in [6.07, 6.45) is 5.14. The van der Waals surface area contributed by atoms with Gasteiger partial charge in [0.15, 0.2) is 0 Å². The highest BCUT2D eigenvalue weighted by molar-refractivity contribution is 7.98. The summed E-state index contributed by atoms with van der Waals surface area (Å²) in [5.41, 5.74) is 1.26. The molecular formula is C13H12FNOS. The Hall–Kier alpha value is -1.55. The number of ether oxygens (including phenoxy) is 1. The molecule has 0 saturated heterocycles. The van der Waals surface area contributed by atoms with E-state index in [-0.39, 0.29) is 5.82 Å². The lowest BCUT2D eigenvalue weighted by Crippen LogP contribution is -1.92. The topological polar surface area (TPSA) is 22.1 Å². The molecule has 0 N–H and O–H groups in total. The van der Waals surface area contributed by atoms with Gasteiger partial charge < -0.3 is 4.74 Å². The molecule has 88 valence electrons. The third kappa shape index (κ3) is 2.42. The van der Waals surface area contributed by atoms with E-state index < -0.39 is 0 Å². The van der Waals surface area contributed by atoms with Crippen molar-refractivity contribution in [2.24, 2.45) is 0 Å². The minimum Gasteiger partial charge on any atom is -0.497 e. The number of hydrogen-bond acceptors (Lipinski definition) is 3. The molecular weight excluding hydrogens is 237 g/mol. The first kappa shape index (κ1) is 11.9. The number of rotatable bonds is 3. The summed E-state index contributed by atoms with van der Waals surface area (Å²) in [4.78, 5) is 4.57. The van der Waals surface area contributed by atoms with Crippen LogP contribution in [0.3, 0.4) is 0 Å². The van der Waals surface area contributed by atoms with Crippen LogP contribution in [0.1, 0.15) is 0 Å². The number of nitrogens with zero attached hydrogens (tertiary/aromatic N) is 1. The van der Waals surface area contributed by atoms with Crippen LogP contribution in [0.15, 0.2) is 41.6 Å². The molecule has 0 fully saturated rings. The van der Waals surface area contributed by atoms with Crippen molar-refractivity contribution in [3.63, 3.8) is 0 Å². The zero-order valence-corrected chi connectivity index (χ0v) is 10.4. The molecule has 0 amide bonds. The lowest BCUT2D eigenvalue weighted by molar-refractivity contribution is 0.412. The van der Waals surface area contributed by atoms with E-state index in [1.165, 1.54) is 11.8 Å². The summed E-state index contributed by atoms with van der Waals surface area (Å²) in [7, 11) is 1.57. The van der Waals surface area contributed by atoms with Gasteiger partial charge in [0.1, 0.15) is 11.6 Å². The molecule has 2 rings (SSSR count). The van der Waals surface area contributed by atoms with Crippen LogP contribution in [-0.4, -0.2) is 18.3 Å². The highest BCUT2D eigenvalue weighted by Crippen LogP contribution is 2.33. The van der Waals surface area contributed by atoms with Crippen LogP contribution in [0, 0.1) is 5.82 Å². The largest absolute Gasteiger partial charge is 0.497 e. The van der Waals surface area contributed by atoms with Crippen molar-refractivity contribution in [3.05, 3.63) is 42.5 Å². The number of halogens is 1. The Morgan fingerprint density at radius 2 is 2.18 bits per heavy atom. The van der Waals surface area contributed by atoms with E-state index in [2.05, 4.69) is 4.98 Å². The van der Waals surface area contributed by atoms with Crippen molar-refractivity contribution in [3.8, 4) is 16.9 Å². The fraction of sp³-hybridized carbons (Fsp3) is 0.154. The first-order chi connectivity index (χ1) is 8.26. The number of thioether (sulfide) groups is 1. The van der Waals surface area contributed by atoms with Crippen molar-refractivity contribution >= 4 is 11.8 Å². The minimum absolute atomic E-state index is 0.230. The van der Waals surface area contributed by atoms with Gasteiger partial charge in [-0.2, -0.15) is 0 Å². The van der Waals surface area contributed by atoms with Crippen LogP contribution in [0.25, 0.3) is 11.1 Å². The van der Waals surface area contributed by atoms with Crippen LogP contribution in [0.2, 0.25) is 0 Å². The van der Waals surface area contributed by atoms with E-state index in [1.807, 2.05) is 12.3 Å². The van der Waals surface area contributed by atoms with Crippen LogP contribution in [0.4, 0.5) is 4.39 Å². The Labute approximate surface area is 104 Å². The normalized spacial score (nSPS) is 10.3. The van der Waals surface area contributed by atoms with Gasteiger partial charge in [0.05, 0.1) is 7.11 Å². The van der Waals surface area contributed by atoms with Crippen molar-refractivity contribution in [1.82, 2.24) is 4.98 Å². The van der Waals surface area contributed by atoms with Crippen molar-refractivity contribution < 1.29 is 9.13 Å². The summed E-state index contributed by atoms with van der Waals surface area (Å²) in [5, 5.41) is 0. The van der Waals surface area contributed by atoms with Gasteiger partial charge in [0, 0.05) is 28.4 Å². The highest BCUT2D eigenvalue weighted by atomic mass is 32.2. The molecule has 2 aromatic rings. The molecule has 2 nitrogen and oxygen atoms in total. The Morgan fingerprint density at radius 3 is 2.76 bits per heavy atom. The third-order valence-corrected chi connectivity index (χ3v) is 3.18. The van der Waals surface area contributed by atoms with Crippen LogP contribution in [0.5, 0.6) is 5.75 Å². The third-order valence-electron chi connectivity index (χ3n) is 2.44. The second-order valence-electron chi connectivity index (χ2n) is 3.43. The summed E-state index contributed by atoms with van der Waals surface area (Å²) in [6.45, 7) is 0. The monoisotopic (exact) mass is 249 g/mol.